The standard InChI is InChI=1S/C80H113N9O34/c1-5-50(91)40-82-79(121)57(34-42(2)3)88-80(122)58-8-6-32-89(58)64(97)41-123-33-7-9-59(92)56(35-44-10-12-45(13-11-44)43(4)90)87-77(119)49(17-26-68(104)105)39-62(95)54(21-30-72(112)113)85-75(117)47(15-24-66(100)101)37-60(93)52(19-28-70(108)109)83-74(116)46(14-23-65(98)99)36-61(94)53(20-29-71(110)111)84-76(118)48(16-25-67(102)103)38-63(96)55(22-31-73(114)115)86-78(120)51(81)18-27-69(106)107/h10-13,42,46-49,51-58H,5-9,14-41,81H2,1-4H3,(H,82,121)(H,83,116)(H,84,118)(H,85,117)(H,86,120)(H,87,119)(H,88,122)(H,98,99)(H,100,101)(H,102,103)(H,104,105)(H,106,107)(H,108,109)(H,110,111)(H,112,113)(H,114,115)/t46-,47-,48-,49-,51+,52+,53+,54+,55+,56-,57-,58-/m0/s1. The summed E-state index contributed by atoms with van der Waals surface area (Å²) < 4.78 is 5.65. The highest BCUT2D eigenvalue weighted by atomic mass is 16.5. The molecule has 1 aromatic rings. The molecule has 1 aliphatic rings. The number of Topliss-reactive ketones (excluding diaryl/α,β-unsaturated/α-hetero) is 7. The van der Waals surface area contributed by atoms with Gasteiger partial charge in [0.2, 0.25) is 47.3 Å². The predicted molar refractivity (Wildman–Crippen MR) is 422 cm³/mol. The molecule has 18 N–H and O–H groups in total. The van der Waals surface area contributed by atoms with Crippen LogP contribution in [-0.4, -0.2) is 267 Å². The summed E-state index contributed by atoms with van der Waals surface area (Å²) in [4.78, 5) is 314. The molecule has 0 aliphatic carbocycles. The topological polar surface area (TPSA) is 714 Å². The normalized spacial score (nSPS) is 15.0. The SMILES string of the molecule is CCC(=O)CNC(=O)[C@H](CC(C)C)NC(=O)[C@@H]1CCCN1C(=O)COCCCC(=O)[C@H](Cc1ccc(C(C)=O)cc1)NC(=O)[C@@H](CCC(=O)O)CC(=O)[C@@H](CCC(=O)O)NC(=O)[C@@H](CCC(=O)O)CC(=O)[C@@H](CCC(=O)O)NC(=O)[C@@H](CCC(=O)O)CC(=O)[C@@H](CCC(=O)O)NC(=O)[C@@H](CCC(=O)O)CC(=O)[C@@H](CCC(=O)O)NC(=O)[C@H](N)CCC(=O)O. The van der Waals surface area contributed by atoms with Crippen LogP contribution in [0.5, 0.6) is 0 Å². The van der Waals surface area contributed by atoms with E-state index in [1.54, 1.807) is 6.92 Å². The lowest BCUT2D eigenvalue weighted by Crippen LogP contribution is -2.54. The maximum atomic E-state index is 14.6. The molecule has 1 heterocycles. The summed E-state index contributed by atoms with van der Waals surface area (Å²) in [5.74, 6) is -35.1. The number of likely N-dealkylation sites (tertiary alicyclic amines) is 1. The number of nitrogens with one attached hydrogen (secondary N) is 7. The molecule has 0 saturated carbocycles. The summed E-state index contributed by atoms with van der Waals surface area (Å²) in [6.45, 7) is 5.71. The Morgan fingerprint density at radius 1 is 0.423 bits per heavy atom. The Labute approximate surface area is 706 Å². The summed E-state index contributed by atoms with van der Waals surface area (Å²) in [5, 5.41) is 103. The average Bonchev–Trinajstić information content (AvgIpc) is 1.79. The Balaban J connectivity index is 2.56. The molecule has 0 aromatic heterocycles. The number of ether oxygens (including phenoxy) is 1. The minimum Gasteiger partial charge on any atom is -0.481 e. The van der Waals surface area contributed by atoms with Crippen molar-refractivity contribution < 1.29 is 166 Å². The Morgan fingerprint density at radius 3 is 1.11 bits per heavy atom. The van der Waals surface area contributed by atoms with Gasteiger partial charge in [-0.25, -0.2) is 0 Å². The number of carbonyl (C=O) groups excluding carboxylic acids is 15. The van der Waals surface area contributed by atoms with Crippen LogP contribution in [-0.2, 0) is 121 Å². The fourth-order valence-electron chi connectivity index (χ4n) is 13.1. The number of ketones is 7. The van der Waals surface area contributed by atoms with Crippen LogP contribution in [0.2, 0.25) is 0 Å². The number of amides is 8. The van der Waals surface area contributed by atoms with Crippen LogP contribution >= 0.6 is 0 Å². The maximum absolute atomic E-state index is 14.6. The molecule has 2 rings (SSSR count). The minimum absolute atomic E-state index is 0.0563. The van der Waals surface area contributed by atoms with Gasteiger partial charge in [0.05, 0.1) is 42.8 Å². The zero-order valence-electron chi connectivity index (χ0n) is 68.9. The molecule has 8 amide bonds. The number of nitrogens with two attached hydrogens (primary N) is 1. The predicted octanol–water partition coefficient (Wildman–Crippen LogP) is 0.251. The van der Waals surface area contributed by atoms with E-state index < -0.39 is 350 Å². The first-order chi connectivity index (χ1) is 57.7. The highest BCUT2D eigenvalue weighted by molar-refractivity contribution is 6.01. The first kappa shape index (κ1) is 107. The maximum Gasteiger partial charge on any atom is 0.303 e. The molecule has 1 fully saturated rings. The molecule has 123 heavy (non-hydrogen) atoms. The van der Waals surface area contributed by atoms with Crippen molar-refractivity contribution in [3.63, 3.8) is 0 Å². The van der Waals surface area contributed by atoms with Crippen LogP contribution in [0.3, 0.4) is 0 Å². The number of benzene rings is 1. The Kier molecular flexibility index (Phi) is 48.4. The molecule has 43 heteroatoms. The van der Waals surface area contributed by atoms with E-state index in [1.165, 1.54) is 36.1 Å². The molecule has 1 aromatic carbocycles. The van der Waals surface area contributed by atoms with Gasteiger partial charge in [-0.05, 0) is 108 Å². The molecule has 1 saturated heterocycles. The molecule has 682 valence electrons. The number of carbonyl (C=O) groups is 24. The highest BCUT2D eigenvalue weighted by Gasteiger charge is 2.40. The van der Waals surface area contributed by atoms with Gasteiger partial charge in [-0.15, -0.1) is 0 Å². The van der Waals surface area contributed by atoms with Gasteiger partial charge < -0.3 is 98.5 Å². The van der Waals surface area contributed by atoms with Gasteiger partial charge in [0.25, 0.3) is 0 Å². The number of carboxylic acids is 9. The zero-order chi connectivity index (χ0) is 92.9. The number of nitrogens with zero attached hydrogens (tertiary/aromatic N) is 1. The number of hydrogen-bond acceptors (Lipinski definition) is 26. The van der Waals surface area contributed by atoms with Crippen molar-refractivity contribution >= 4 is 141 Å². The van der Waals surface area contributed by atoms with Crippen molar-refractivity contribution in [1.82, 2.24) is 42.1 Å². The van der Waals surface area contributed by atoms with Crippen LogP contribution in [0.25, 0.3) is 0 Å². The smallest absolute Gasteiger partial charge is 0.303 e. The van der Waals surface area contributed by atoms with Crippen molar-refractivity contribution in [3.8, 4) is 0 Å². The number of carboxylic acid groups (broad SMARTS) is 9. The molecule has 0 radical (unpaired) electrons. The average molecular weight is 1740 g/mol. The number of rotatable bonds is 67. The van der Waals surface area contributed by atoms with Gasteiger partial charge in [0, 0.05) is 139 Å². The van der Waals surface area contributed by atoms with E-state index in [4.69, 9.17) is 15.6 Å². The van der Waals surface area contributed by atoms with Gasteiger partial charge in [-0.3, -0.25) is 115 Å². The Bertz CT molecular complexity index is 3970. The monoisotopic (exact) mass is 1740 g/mol. The van der Waals surface area contributed by atoms with Crippen LogP contribution in [0.4, 0.5) is 0 Å². The number of hydrogen-bond donors (Lipinski definition) is 17. The summed E-state index contributed by atoms with van der Waals surface area (Å²) in [5.41, 5.74) is 6.42. The van der Waals surface area contributed by atoms with Gasteiger partial charge in [0.1, 0.15) is 18.7 Å². The fraction of sp³-hybridized carbons (Fsp3) is 0.625. The van der Waals surface area contributed by atoms with Gasteiger partial charge in [-0.2, -0.15) is 0 Å². The minimum atomic E-state index is -2.03. The molecular formula is C80H113N9O34. The summed E-state index contributed by atoms with van der Waals surface area (Å²) in [7, 11) is 0. The molecule has 0 spiro atoms. The van der Waals surface area contributed by atoms with Crippen molar-refractivity contribution in [3.05, 3.63) is 35.4 Å². The molecule has 12 atom stereocenters. The van der Waals surface area contributed by atoms with E-state index in [9.17, 15) is 156 Å². The van der Waals surface area contributed by atoms with Crippen LogP contribution in [0.1, 0.15) is 223 Å². The van der Waals surface area contributed by atoms with Gasteiger partial charge >= 0.3 is 53.7 Å². The zero-order valence-corrected chi connectivity index (χ0v) is 68.9. The highest BCUT2D eigenvalue weighted by Crippen LogP contribution is 2.25. The first-order valence-corrected chi connectivity index (χ1v) is 40.2. The molecule has 0 unspecified atom stereocenters. The van der Waals surface area contributed by atoms with Crippen LogP contribution in [0, 0.1) is 29.6 Å². The summed E-state index contributed by atoms with van der Waals surface area (Å²) in [6.07, 6.45) is -18.2. The van der Waals surface area contributed by atoms with Crippen molar-refractivity contribution in [1.29, 1.82) is 0 Å². The quantitative estimate of drug-likeness (QED) is 0.0307. The third-order valence-corrected chi connectivity index (χ3v) is 20.0. The second-order valence-corrected chi connectivity index (χ2v) is 30.4. The van der Waals surface area contributed by atoms with E-state index in [0.29, 0.717) is 12.0 Å². The molecule has 1 aliphatic heterocycles. The van der Waals surface area contributed by atoms with E-state index in [2.05, 4.69) is 37.2 Å². The second-order valence-electron chi connectivity index (χ2n) is 30.4. The van der Waals surface area contributed by atoms with Gasteiger partial charge in [0.15, 0.2) is 40.5 Å². The van der Waals surface area contributed by atoms with Crippen molar-refractivity contribution in [2.75, 3.05) is 26.3 Å². The van der Waals surface area contributed by atoms with E-state index in [-0.39, 0.29) is 81.3 Å². The lowest BCUT2D eigenvalue weighted by Gasteiger charge is -2.27. The molecular weight excluding hydrogens is 1630 g/mol. The van der Waals surface area contributed by atoms with Crippen LogP contribution < -0.4 is 43.0 Å². The van der Waals surface area contributed by atoms with Crippen molar-refractivity contribution in [2.45, 2.75) is 262 Å². The Morgan fingerprint density at radius 2 is 0.764 bits per heavy atom. The van der Waals surface area contributed by atoms with E-state index in [0.717, 1.165) is 0 Å². The van der Waals surface area contributed by atoms with Gasteiger partial charge in [-0.1, -0.05) is 45.0 Å². The molecule has 0 bridgehead atoms. The summed E-state index contributed by atoms with van der Waals surface area (Å²) >= 11 is 0. The Hall–Kier alpha value is -12.2. The lowest BCUT2D eigenvalue weighted by atomic mass is 9.88. The fourth-order valence-corrected chi connectivity index (χ4v) is 13.1. The van der Waals surface area contributed by atoms with Crippen LogP contribution in [0.15, 0.2) is 24.3 Å². The van der Waals surface area contributed by atoms with E-state index in [1.807, 2.05) is 13.8 Å². The third-order valence-electron chi connectivity index (χ3n) is 20.0. The summed E-state index contributed by atoms with van der Waals surface area (Å²) in [6, 6.07) is -6.91. The van der Waals surface area contributed by atoms with Crippen molar-refractivity contribution in [2.24, 2.45) is 35.3 Å². The lowest BCUT2D eigenvalue weighted by molar-refractivity contribution is -0.143. The van der Waals surface area contributed by atoms with E-state index >= 15 is 0 Å². The second kappa shape index (κ2) is 55.7. The third kappa shape index (κ3) is 43.2. The largest absolute Gasteiger partial charge is 0.481 e. The molecule has 43 nitrogen and oxygen atoms in total. The first-order valence-electron chi connectivity index (χ1n) is 40.2. The number of aliphatic carboxylic acids is 9.